The number of fused-ring (bicyclic) bond motifs is 1. The lowest BCUT2D eigenvalue weighted by Gasteiger charge is -1.88. The van der Waals surface area contributed by atoms with Gasteiger partial charge in [0.2, 0.25) is 0 Å². The number of rotatable bonds is 1. The Morgan fingerprint density at radius 2 is 2.31 bits per heavy atom. The van der Waals surface area contributed by atoms with Crippen LogP contribution >= 0.6 is 0 Å². The maximum Gasteiger partial charge on any atom is 0.125 e. The molecular weight excluding hydrogens is 164 g/mol. The van der Waals surface area contributed by atoms with Crippen LogP contribution in [0.3, 0.4) is 0 Å². The third-order valence-corrected chi connectivity index (χ3v) is 2.37. The van der Waals surface area contributed by atoms with Gasteiger partial charge in [-0.3, -0.25) is 0 Å². The normalized spacial score (nSPS) is 16.6. The lowest BCUT2D eigenvalue weighted by molar-refractivity contribution is 0.986. The van der Waals surface area contributed by atoms with Gasteiger partial charge < -0.3 is 10.7 Å². The summed E-state index contributed by atoms with van der Waals surface area (Å²) in [6.45, 7) is 0. The second-order valence-corrected chi connectivity index (χ2v) is 3.52. The molecule has 0 radical (unpaired) electrons. The molecule has 3 N–H and O–H groups in total. The van der Waals surface area contributed by atoms with E-state index in [4.69, 9.17) is 5.73 Å². The minimum Gasteiger partial charge on any atom is -0.384 e. The molecule has 1 aliphatic carbocycles. The van der Waals surface area contributed by atoms with Gasteiger partial charge in [-0.1, -0.05) is 0 Å². The van der Waals surface area contributed by atoms with Gasteiger partial charge in [0, 0.05) is 12.0 Å². The summed E-state index contributed by atoms with van der Waals surface area (Å²) in [5, 5.41) is 0. The molecule has 66 valence electrons. The largest absolute Gasteiger partial charge is 0.384 e. The van der Waals surface area contributed by atoms with Crippen molar-refractivity contribution in [2.24, 2.45) is 0 Å². The molecule has 0 amide bonds. The van der Waals surface area contributed by atoms with E-state index in [0.717, 1.165) is 16.9 Å². The number of pyridine rings is 1. The molecule has 1 saturated carbocycles. The smallest absolute Gasteiger partial charge is 0.125 e. The highest BCUT2D eigenvalue weighted by atomic mass is 15.0. The molecule has 0 bridgehead atoms. The van der Waals surface area contributed by atoms with Crippen molar-refractivity contribution in [3.63, 3.8) is 0 Å². The zero-order valence-corrected chi connectivity index (χ0v) is 7.12. The van der Waals surface area contributed by atoms with Crippen LogP contribution < -0.4 is 5.73 Å². The number of nitrogen functional groups attached to an aromatic ring is 1. The standard InChI is InChI=1S/C9H10N4/c10-8-3-6-7(4-11-8)13-9(12-6)5-1-2-5/h3-5H,1-2H2,(H2,10,11)(H,12,13). The van der Waals surface area contributed by atoms with Gasteiger partial charge in [-0.25, -0.2) is 9.97 Å². The van der Waals surface area contributed by atoms with Gasteiger partial charge in [-0.2, -0.15) is 0 Å². The number of anilines is 1. The number of aromatic nitrogens is 3. The van der Waals surface area contributed by atoms with E-state index in [1.807, 2.05) is 0 Å². The number of hydrogen-bond acceptors (Lipinski definition) is 3. The Hall–Kier alpha value is -1.58. The Morgan fingerprint density at radius 3 is 3.08 bits per heavy atom. The Bertz CT molecular complexity index is 456. The summed E-state index contributed by atoms with van der Waals surface area (Å²) in [7, 11) is 0. The van der Waals surface area contributed by atoms with Crippen molar-refractivity contribution >= 4 is 16.9 Å². The first-order chi connectivity index (χ1) is 6.33. The highest BCUT2D eigenvalue weighted by Crippen LogP contribution is 2.38. The van der Waals surface area contributed by atoms with Gasteiger partial charge in [-0.15, -0.1) is 0 Å². The Balaban J connectivity index is 2.20. The molecule has 4 heteroatoms. The Morgan fingerprint density at radius 1 is 1.46 bits per heavy atom. The zero-order chi connectivity index (χ0) is 8.84. The summed E-state index contributed by atoms with van der Waals surface area (Å²) in [6, 6.07) is 1.80. The molecule has 3 rings (SSSR count). The lowest BCUT2D eigenvalue weighted by Crippen LogP contribution is -1.87. The molecule has 1 fully saturated rings. The molecule has 2 aromatic heterocycles. The number of H-pyrrole nitrogens is 1. The maximum atomic E-state index is 5.56. The first-order valence-electron chi connectivity index (χ1n) is 4.44. The summed E-state index contributed by atoms with van der Waals surface area (Å²) in [4.78, 5) is 11.7. The average molecular weight is 174 g/mol. The molecule has 4 nitrogen and oxygen atoms in total. The van der Waals surface area contributed by atoms with Crippen LogP contribution in [0.2, 0.25) is 0 Å². The van der Waals surface area contributed by atoms with E-state index < -0.39 is 0 Å². The molecule has 0 atom stereocenters. The van der Waals surface area contributed by atoms with E-state index in [1.165, 1.54) is 12.8 Å². The van der Waals surface area contributed by atoms with Crippen molar-refractivity contribution in [1.29, 1.82) is 0 Å². The van der Waals surface area contributed by atoms with Crippen molar-refractivity contribution in [3.8, 4) is 0 Å². The molecular formula is C9H10N4. The predicted octanol–water partition coefficient (Wildman–Crippen LogP) is 1.42. The van der Waals surface area contributed by atoms with Crippen molar-refractivity contribution in [1.82, 2.24) is 15.0 Å². The fraction of sp³-hybridized carbons (Fsp3) is 0.333. The number of nitrogens with zero attached hydrogens (tertiary/aromatic N) is 2. The van der Waals surface area contributed by atoms with Crippen LogP contribution in [0.15, 0.2) is 12.3 Å². The average Bonchev–Trinajstić information content (AvgIpc) is 2.87. The van der Waals surface area contributed by atoms with E-state index in [1.54, 1.807) is 12.3 Å². The molecule has 13 heavy (non-hydrogen) atoms. The number of hydrogen-bond donors (Lipinski definition) is 2. The van der Waals surface area contributed by atoms with Crippen molar-refractivity contribution in [2.75, 3.05) is 5.73 Å². The summed E-state index contributed by atoms with van der Waals surface area (Å²) < 4.78 is 0. The first kappa shape index (κ1) is 6.88. The van der Waals surface area contributed by atoms with Crippen molar-refractivity contribution in [2.45, 2.75) is 18.8 Å². The molecule has 0 spiro atoms. The molecule has 0 aromatic carbocycles. The summed E-state index contributed by atoms with van der Waals surface area (Å²) >= 11 is 0. The highest BCUT2D eigenvalue weighted by Gasteiger charge is 2.26. The second kappa shape index (κ2) is 2.22. The number of nitrogens with one attached hydrogen (secondary N) is 1. The van der Waals surface area contributed by atoms with Crippen LogP contribution in [-0.4, -0.2) is 15.0 Å². The highest BCUT2D eigenvalue weighted by molar-refractivity contribution is 5.76. The zero-order valence-electron chi connectivity index (χ0n) is 7.12. The quantitative estimate of drug-likeness (QED) is 0.687. The number of aromatic amines is 1. The number of imidazole rings is 1. The van der Waals surface area contributed by atoms with Gasteiger partial charge in [-0.05, 0) is 12.8 Å². The summed E-state index contributed by atoms with van der Waals surface area (Å²) in [5.74, 6) is 2.26. The fourth-order valence-electron chi connectivity index (χ4n) is 1.49. The van der Waals surface area contributed by atoms with Crippen molar-refractivity contribution < 1.29 is 0 Å². The Kier molecular flexibility index (Phi) is 1.17. The molecule has 0 unspecified atom stereocenters. The predicted molar refractivity (Wildman–Crippen MR) is 50.3 cm³/mol. The van der Waals surface area contributed by atoms with Crippen LogP contribution in [0.25, 0.3) is 11.0 Å². The topological polar surface area (TPSA) is 67.6 Å². The van der Waals surface area contributed by atoms with Gasteiger partial charge in [0.15, 0.2) is 0 Å². The fourth-order valence-corrected chi connectivity index (χ4v) is 1.49. The van der Waals surface area contributed by atoms with E-state index in [2.05, 4.69) is 15.0 Å². The van der Waals surface area contributed by atoms with Crippen LogP contribution in [-0.2, 0) is 0 Å². The molecule has 0 saturated heterocycles. The van der Waals surface area contributed by atoms with Gasteiger partial charge in [0.05, 0.1) is 17.2 Å². The van der Waals surface area contributed by atoms with Crippen LogP contribution in [0.1, 0.15) is 24.6 Å². The van der Waals surface area contributed by atoms with Crippen LogP contribution in [0, 0.1) is 0 Å². The van der Waals surface area contributed by atoms with Crippen molar-refractivity contribution in [3.05, 3.63) is 18.1 Å². The lowest BCUT2D eigenvalue weighted by atomic mass is 10.4. The van der Waals surface area contributed by atoms with E-state index in [-0.39, 0.29) is 0 Å². The van der Waals surface area contributed by atoms with E-state index in [0.29, 0.717) is 11.7 Å². The molecule has 0 aliphatic heterocycles. The van der Waals surface area contributed by atoms with E-state index in [9.17, 15) is 0 Å². The number of nitrogens with two attached hydrogens (primary N) is 1. The van der Waals surface area contributed by atoms with E-state index >= 15 is 0 Å². The second-order valence-electron chi connectivity index (χ2n) is 3.52. The summed E-state index contributed by atoms with van der Waals surface area (Å²) in [6.07, 6.45) is 4.25. The minimum atomic E-state index is 0.529. The van der Waals surface area contributed by atoms with Crippen LogP contribution in [0.5, 0.6) is 0 Å². The molecule has 2 aromatic rings. The van der Waals surface area contributed by atoms with Gasteiger partial charge in [0.1, 0.15) is 11.6 Å². The third-order valence-electron chi connectivity index (χ3n) is 2.37. The first-order valence-corrected chi connectivity index (χ1v) is 4.44. The SMILES string of the molecule is Nc1cc2nc(C3CC3)[nH]c2cn1. The maximum absolute atomic E-state index is 5.56. The summed E-state index contributed by atoms with van der Waals surface area (Å²) in [5.41, 5.74) is 7.47. The monoisotopic (exact) mass is 174 g/mol. The van der Waals surface area contributed by atoms with Crippen LogP contribution in [0.4, 0.5) is 5.82 Å². The van der Waals surface area contributed by atoms with Gasteiger partial charge >= 0.3 is 0 Å². The third kappa shape index (κ3) is 1.06. The molecule has 2 heterocycles. The Labute approximate surface area is 75.2 Å². The van der Waals surface area contributed by atoms with Gasteiger partial charge in [0.25, 0.3) is 0 Å². The minimum absolute atomic E-state index is 0.529. The molecule has 1 aliphatic rings.